The van der Waals surface area contributed by atoms with E-state index in [9.17, 15) is 0 Å². The Morgan fingerprint density at radius 3 is 2.11 bits per heavy atom. The first kappa shape index (κ1) is 21.9. The molecule has 3 rings (SSSR count). The fraction of sp³-hybridized carbons (Fsp3) is 0.727. The van der Waals surface area contributed by atoms with E-state index in [1.165, 1.54) is 0 Å². The van der Waals surface area contributed by atoms with Crippen LogP contribution in [0.15, 0.2) is 24.3 Å². The van der Waals surface area contributed by atoms with Crippen LogP contribution in [0.2, 0.25) is 18.1 Å². The number of ether oxygens (including phenoxy) is 4. The van der Waals surface area contributed by atoms with Crippen molar-refractivity contribution in [2.24, 2.45) is 0 Å². The minimum Gasteiger partial charge on any atom is -0.417 e. The summed E-state index contributed by atoms with van der Waals surface area (Å²) < 4.78 is 31.1. The van der Waals surface area contributed by atoms with Gasteiger partial charge in [0, 0.05) is 13.0 Å². The fourth-order valence-electron chi connectivity index (χ4n) is 3.42. The van der Waals surface area contributed by atoms with Crippen LogP contribution in [0.25, 0.3) is 0 Å². The molecule has 1 saturated heterocycles. The summed E-state index contributed by atoms with van der Waals surface area (Å²) in [5.41, 5.74) is 1.65. The molecular formula is C22H36O5Si. The molecule has 0 saturated carbocycles. The lowest BCUT2D eigenvalue weighted by Gasteiger charge is -2.39. The molecule has 2 heterocycles. The lowest BCUT2D eigenvalue weighted by atomic mass is 10.0. The maximum atomic E-state index is 6.43. The second-order valence-electron chi connectivity index (χ2n) is 9.94. The van der Waals surface area contributed by atoms with Crippen LogP contribution in [-0.4, -0.2) is 39.2 Å². The van der Waals surface area contributed by atoms with Gasteiger partial charge in [0.15, 0.2) is 20.4 Å². The van der Waals surface area contributed by atoms with Gasteiger partial charge in [-0.05, 0) is 43.1 Å². The number of benzene rings is 1. The number of fused-ring (bicyclic) bond motifs is 1. The lowest BCUT2D eigenvalue weighted by Crippen LogP contribution is -2.50. The summed E-state index contributed by atoms with van der Waals surface area (Å²) in [4.78, 5) is 0. The molecule has 0 aliphatic carbocycles. The third-order valence-electron chi connectivity index (χ3n) is 6.24. The summed E-state index contributed by atoms with van der Waals surface area (Å²) in [6.07, 6.45) is 0.175. The Bertz CT molecular complexity index is 655. The summed E-state index contributed by atoms with van der Waals surface area (Å²) in [6, 6.07) is 8.24. The van der Waals surface area contributed by atoms with Crippen molar-refractivity contribution in [2.45, 2.75) is 90.1 Å². The lowest BCUT2D eigenvalue weighted by molar-refractivity contribution is -0.269. The molecule has 28 heavy (non-hydrogen) atoms. The Morgan fingerprint density at radius 2 is 1.64 bits per heavy atom. The third kappa shape index (κ3) is 4.69. The van der Waals surface area contributed by atoms with Crippen LogP contribution in [-0.2, 0) is 36.6 Å². The van der Waals surface area contributed by atoms with Crippen LogP contribution in [0.1, 0.15) is 52.2 Å². The highest BCUT2D eigenvalue weighted by atomic mass is 28.4. The van der Waals surface area contributed by atoms with Crippen molar-refractivity contribution in [3.8, 4) is 0 Å². The van der Waals surface area contributed by atoms with E-state index >= 15 is 0 Å². The van der Waals surface area contributed by atoms with Crippen molar-refractivity contribution < 1.29 is 23.4 Å². The van der Waals surface area contributed by atoms with Gasteiger partial charge in [-0.25, -0.2) is 0 Å². The molecule has 1 aromatic carbocycles. The molecule has 0 amide bonds. The van der Waals surface area contributed by atoms with Gasteiger partial charge >= 0.3 is 0 Å². The van der Waals surface area contributed by atoms with Crippen molar-refractivity contribution in [1.82, 2.24) is 0 Å². The minimum atomic E-state index is -1.83. The maximum absolute atomic E-state index is 6.43. The summed E-state index contributed by atoms with van der Waals surface area (Å²) in [5, 5.41) is 0.170. The predicted octanol–water partition coefficient (Wildman–Crippen LogP) is 4.99. The Kier molecular flexibility index (Phi) is 6.12. The molecule has 0 N–H and O–H groups in total. The first-order valence-corrected chi connectivity index (χ1v) is 13.1. The molecule has 1 atom stereocenters. The molecule has 2 aliphatic rings. The molecule has 5 nitrogen and oxygen atoms in total. The van der Waals surface area contributed by atoms with Crippen molar-refractivity contribution in [2.75, 3.05) is 13.2 Å². The summed E-state index contributed by atoms with van der Waals surface area (Å²) in [6.45, 7) is 17.2. The zero-order valence-electron chi connectivity index (χ0n) is 18.5. The van der Waals surface area contributed by atoms with E-state index < -0.39 is 26.0 Å². The average molecular weight is 409 g/mol. The van der Waals surface area contributed by atoms with E-state index in [2.05, 4.69) is 46.0 Å². The monoisotopic (exact) mass is 408 g/mol. The normalized spacial score (nSPS) is 26.1. The summed E-state index contributed by atoms with van der Waals surface area (Å²) >= 11 is 0. The molecule has 0 bridgehead atoms. The average Bonchev–Trinajstić information content (AvgIpc) is 2.78. The van der Waals surface area contributed by atoms with E-state index in [1.54, 1.807) is 0 Å². The highest BCUT2D eigenvalue weighted by molar-refractivity contribution is 6.74. The highest BCUT2D eigenvalue weighted by Gasteiger charge is 2.53. The Hall–Kier alpha value is -0.763. The van der Waals surface area contributed by atoms with Gasteiger partial charge in [-0.15, -0.1) is 0 Å². The van der Waals surface area contributed by atoms with Gasteiger partial charge < -0.3 is 23.4 Å². The van der Waals surface area contributed by atoms with Gasteiger partial charge in [0.05, 0.1) is 19.8 Å². The largest absolute Gasteiger partial charge is 0.417 e. The zero-order chi connectivity index (χ0) is 20.6. The maximum Gasteiger partial charge on any atom is 0.191 e. The van der Waals surface area contributed by atoms with Crippen LogP contribution in [0, 0.1) is 0 Å². The molecule has 2 aliphatic heterocycles. The predicted molar refractivity (Wildman–Crippen MR) is 111 cm³/mol. The molecular weight excluding hydrogens is 372 g/mol. The second-order valence-corrected chi connectivity index (χ2v) is 14.7. The van der Waals surface area contributed by atoms with E-state index in [0.717, 1.165) is 11.1 Å². The second kappa shape index (κ2) is 7.82. The third-order valence-corrected chi connectivity index (χ3v) is 10.8. The SMILES string of the molecule is CC1(C)OCC(CCO[Si](C)(C)C(C)(C)C)(C2OCc3ccccc3CO2)O1. The van der Waals surface area contributed by atoms with E-state index in [0.29, 0.717) is 32.8 Å². The van der Waals surface area contributed by atoms with E-state index in [-0.39, 0.29) is 5.04 Å². The smallest absolute Gasteiger partial charge is 0.191 e. The van der Waals surface area contributed by atoms with Crippen LogP contribution in [0.3, 0.4) is 0 Å². The number of hydrogen-bond donors (Lipinski definition) is 0. The topological polar surface area (TPSA) is 46.2 Å². The minimum absolute atomic E-state index is 0.170. The number of hydrogen-bond acceptors (Lipinski definition) is 5. The molecule has 6 heteroatoms. The van der Waals surface area contributed by atoms with E-state index in [4.69, 9.17) is 23.4 Å². The molecule has 0 spiro atoms. The van der Waals surface area contributed by atoms with Gasteiger partial charge in [0.25, 0.3) is 0 Å². The van der Waals surface area contributed by atoms with Crippen LogP contribution >= 0.6 is 0 Å². The van der Waals surface area contributed by atoms with Crippen LogP contribution in [0.5, 0.6) is 0 Å². The van der Waals surface area contributed by atoms with Gasteiger partial charge in [0.1, 0.15) is 5.60 Å². The van der Waals surface area contributed by atoms with Crippen LogP contribution < -0.4 is 0 Å². The van der Waals surface area contributed by atoms with Gasteiger partial charge in [-0.1, -0.05) is 45.0 Å². The van der Waals surface area contributed by atoms with Crippen molar-refractivity contribution in [1.29, 1.82) is 0 Å². The van der Waals surface area contributed by atoms with Crippen LogP contribution in [0.4, 0.5) is 0 Å². The molecule has 0 radical (unpaired) electrons. The van der Waals surface area contributed by atoms with Gasteiger partial charge in [-0.3, -0.25) is 0 Å². The molecule has 1 aromatic rings. The molecule has 1 fully saturated rings. The van der Waals surface area contributed by atoms with Crippen molar-refractivity contribution >= 4 is 8.32 Å². The van der Waals surface area contributed by atoms with Crippen molar-refractivity contribution in [3.63, 3.8) is 0 Å². The zero-order valence-corrected chi connectivity index (χ0v) is 19.5. The first-order valence-electron chi connectivity index (χ1n) is 10.2. The van der Waals surface area contributed by atoms with Gasteiger partial charge in [0.2, 0.25) is 0 Å². The molecule has 158 valence electrons. The first-order chi connectivity index (χ1) is 12.9. The molecule has 0 aromatic heterocycles. The van der Waals surface area contributed by atoms with E-state index in [1.807, 2.05) is 26.0 Å². The summed E-state index contributed by atoms with van der Waals surface area (Å²) in [7, 11) is -1.83. The van der Waals surface area contributed by atoms with Crippen molar-refractivity contribution in [3.05, 3.63) is 35.4 Å². The Morgan fingerprint density at radius 1 is 1.07 bits per heavy atom. The summed E-state index contributed by atoms with van der Waals surface area (Å²) in [5.74, 6) is -0.664. The fourth-order valence-corrected chi connectivity index (χ4v) is 4.46. The quantitative estimate of drug-likeness (QED) is 0.642. The van der Waals surface area contributed by atoms with Gasteiger partial charge in [-0.2, -0.15) is 0 Å². The molecule has 1 unspecified atom stereocenters. The Labute approximate surface area is 170 Å². The standard InChI is InChI=1S/C22H36O5Si/c1-20(2,3)28(6,7)26-13-12-22(16-25-21(4,5)27-22)19-23-14-17-10-8-9-11-18(17)15-24-19/h8-11,19H,12-16H2,1-7H3. The number of rotatable bonds is 5. The highest BCUT2D eigenvalue weighted by Crippen LogP contribution is 2.41. The Balaban J connectivity index is 1.73.